The van der Waals surface area contributed by atoms with Crippen LogP contribution in [0.3, 0.4) is 0 Å². The van der Waals surface area contributed by atoms with E-state index in [9.17, 15) is 14.4 Å². The topological polar surface area (TPSA) is 89.3 Å². The van der Waals surface area contributed by atoms with Gasteiger partial charge in [-0.25, -0.2) is 4.79 Å². The number of H-pyrrole nitrogens is 2. The largest absolute Gasteiger partial charge is 0.336 e. The number of hydrogen-bond donors (Lipinski definition) is 2. The molecule has 0 aromatic carbocycles. The van der Waals surface area contributed by atoms with Gasteiger partial charge in [-0.05, 0) is 12.1 Å². The molecule has 3 heterocycles. The Morgan fingerprint density at radius 2 is 1.96 bits per heavy atom. The zero-order chi connectivity index (χ0) is 16.4. The quantitative estimate of drug-likeness (QED) is 0.850. The molecular weight excluding hydrogens is 340 g/mol. The van der Waals surface area contributed by atoms with Crippen LogP contribution in [-0.4, -0.2) is 51.9 Å². The van der Waals surface area contributed by atoms with Crippen LogP contribution in [0.25, 0.3) is 0 Å². The Bertz CT molecular complexity index is 820. The second-order valence-corrected chi connectivity index (χ2v) is 7.06. The van der Waals surface area contributed by atoms with Crippen molar-refractivity contribution in [1.82, 2.24) is 19.8 Å². The smallest absolute Gasteiger partial charge is 0.325 e. The molecule has 1 aliphatic heterocycles. The van der Waals surface area contributed by atoms with Crippen molar-refractivity contribution in [2.45, 2.75) is 6.54 Å². The molecule has 3 rings (SSSR count). The summed E-state index contributed by atoms with van der Waals surface area (Å²) in [5.74, 6) is -0.360. The van der Waals surface area contributed by atoms with Crippen LogP contribution in [0.15, 0.2) is 27.9 Å². The van der Waals surface area contributed by atoms with Crippen LogP contribution < -0.4 is 11.2 Å². The Morgan fingerprint density at radius 3 is 2.57 bits per heavy atom. The molecule has 23 heavy (non-hydrogen) atoms. The maximum Gasteiger partial charge on any atom is 0.325 e. The van der Waals surface area contributed by atoms with Gasteiger partial charge in [0.25, 0.3) is 11.5 Å². The molecular formula is C14H15ClN4O3S. The Balaban J connectivity index is 1.61. The molecule has 2 N–H and O–H groups in total. The number of nitrogens with zero attached hydrogens (tertiary/aromatic N) is 2. The van der Waals surface area contributed by atoms with Gasteiger partial charge in [-0.2, -0.15) is 0 Å². The van der Waals surface area contributed by atoms with Gasteiger partial charge < -0.3 is 9.88 Å². The molecule has 0 spiro atoms. The van der Waals surface area contributed by atoms with Crippen molar-refractivity contribution in [3.05, 3.63) is 53.9 Å². The van der Waals surface area contributed by atoms with Gasteiger partial charge in [0.1, 0.15) is 5.56 Å². The molecule has 7 nitrogen and oxygen atoms in total. The number of nitrogens with one attached hydrogen (secondary N) is 2. The van der Waals surface area contributed by atoms with Crippen LogP contribution >= 0.6 is 22.9 Å². The number of aromatic nitrogens is 2. The predicted molar refractivity (Wildman–Crippen MR) is 88.2 cm³/mol. The van der Waals surface area contributed by atoms with E-state index in [4.69, 9.17) is 11.6 Å². The first-order chi connectivity index (χ1) is 11.0. The molecule has 9 heteroatoms. The van der Waals surface area contributed by atoms with E-state index < -0.39 is 11.2 Å². The number of halogens is 1. The average Bonchev–Trinajstić information content (AvgIpc) is 2.92. The minimum absolute atomic E-state index is 0.0388. The second-order valence-electron chi connectivity index (χ2n) is 5.26. The highest BCUT2D eigenvalue weighted by molar-refractivity contribution is 7.16. The van der Waals surface area contributed by atoms with Gasteiger partial charge in [-0.1, -0.05) is 11.6 Å². The summed E-state index contributed by atoms with van der Waals surface area (Å²) in [6, 6.07) is 3.88. The molecule has 2 aromatic rings. The maximum atomic E-state index is 12.4. The fourth-order valence-corrected chi connectivity index (χ4v) is 3.64. The minimum Gasteiger partial charge on any atom is -0.336 e. The third-order valence-corrected chi connectivity index (χ3v) is 4.93. The van der Waals surface area contributed by atoms with Gasteiger partial charge in [-0.15, -0.1) is 11.3 Å². The Hall–Kier alpha value is -1.90. The number of carbonyl (C=O) groups is 1. The van der Waals surface area contributed by atoms with Crippen molar-refractivity contribution in [3.63, 3.8) is 0 Å². The first-order valence-corrected chi connectivity index (χ1v) is 8.30. The van der Waals surface area contributed by atoms with E-state index in [-0.39, 0.29) is 11.5 Å². The van der Waals surface area contributed by atoms with E-state index in [1.54, 1.807) is 16.2 Å². The summed E-state index contributed by atoms with van der Waals surface area (Å²) in [5, 5.41) is 0. The fourth-order valence-electron chi connectivity index (χ4n) is 2.51. The summed E-state index contributed by atoms with van der Waals surface area (Å²) in [7, 11) is 0. The SMILES string of the molecule is O=C(c1c[nH]c(=O)[nH]c1=O)N1CCN(Cc2ccc(Cl)s2)CC1. The van der Waals surface area contributed by atoms with Gasteiger partial charge >= 0.3 is 5.69 Å². The molecule has 1 saturated heterocycles. The van der Waals surface area contributed by atoms with Crippen LogP contribution in [-0.2, 0) is 6.54 Å². The number of carbonyl (C=O) groups excluding carboxylic acids is 1. The number of rotatable bonds is 3. The average molecular weight is 355 g/mol. The van der Waals surface area contributed by atoms with E-state index in [0.29, 0.717) is 13.1 Å². The lowest BCUT2D eigenvalue weighted by Crippen LogP contribution is -2.49. The van der Waals surface area contributed by atoms with Crippen molar-refractivity contribution < 1.29 is 4.79 Å². The van der Waals surface area contributed by atoms with Crippen molar-refractivity contribution in [2.75, 3.05) is 26.2 Å². The van der Waals surface area contributed by atoms with E-state index in [1.165, 1.54) is 11.1 Å². The normalized spacial score (nSPS) is 15.8. The molecule has 0 saturated carbocycles. The van der Waals surface area contributed by atoms with Crippen LogP contribution in [0.2, 0.25) is 4.34 Å². The zero-order valence-electron chi connectivity index (χ0n) is 12.2. The van der Waals surface area contributed by atoms with E-state index in [1.807, 2.05) is 12.1 Å². The minimum atomic E-state index is -0.658. The molecule has 0 aliphatic carbocycles. The van der Waals surface area contributed by atoms with E-state index in [0.717, 1.165) is 24.0 Å². The van der Waals surface area contributed by atoms with Gasteiger partial charge in [0.2, 0.25) is 0 Å². The summed E-state index contributed by atoms with van der Waals surface area (Å²) in [4.78, 5) is 44.5. The van der Waals surface area contributed by atoms with E-state index in [2.05, 4.69) is 14.9 Å². The number of amides is 1. The highest BCUT2D eigenvalue weighted by Gasteiger charge is 2.24. The summed E-state index contributed by atoms with van der Waals surface area (Å²) < 4.78 is 0.770. The zero-order valence-corrected chi connectivity index (χ0v) is 13.7. The van der Waals surface area contributed by atoms with Gasteiger partial charge in [-0.3, -0.25) is 19.5 Å². The molecule has 122 valence electrons. The molecule has 2 aromatic heterocycles. The standard InChI is InChI=1S/C14H15ClN4O3S/c15-11-2-1-9(23-11)8-18-3-5-19(6-4-18)13(21)10-7-16-14(22)17-12(10)20/h1-2,7H,3-6,8H2,(H2,16,17,20,22). The number of thiophene rings is 1. The van der Waals surface area contributed by atoms with Crippen molar-refractivity contribution >= 4 is 28.8 Å². The van der Waals surface area contributed by atoms with Crippen LogP contribution in [0.5, 0.6) is 0 Å². The fraction of sp³-hybridized carbons (Fsp3) is 0.357. The number of aromatic amines is 2. The number of piperazine rings is 1. The lowest BCUT2D eigenvalue weighted by molar-refractivity contribution is 0.0627. The van der Waals surface area contributed by atoms with Crippen molar-refractivity contribution in [2.24, 2.45) is 0 Å². The Morgan fingerprint density at radius 1 is 1.22 bits per heavy atom. The summed E-state index contributed by atoms with van der Waals surface area (Å²) in [6.45, 7) is 3.33. The van der Waals surface area contributed by atoms with E-state index >= 15 is 0 Å². The summed E-state index contributed by atoms with van der Waals surface area (Å²) in [6.07, 6.45) is 1.17. The molecule has 1 aliphatic rings. The second kappa shape index (κ2) is 6.69. The van der Waals surface area contributed by atoms with Gasteiger partial charge in [0.15, 0.2) is 0 Å². The molecule has 0 unspecified atom stereocenters. The van der Waals surface area contributed by atoms with Crippen LogP contribution in [0, 0.1) is 0 Å². The van der Waals surface area contributed by atoms with Crippen molar-refractivity contribution in [3.8, 4) is 0 Å². The monoisotopic (exact) mass is 354 g/mol. The molecule has 0 atom stereocenters. The third-order valence-electron chi connectivity index (χ3n) is 3.72. The highest BCUT2D eigenvalue weighted by Crippen LogP contribution is 2.23. The van der Waals surface area contributed by atoms with Crippen LogP contribution in [0.4, 0.5) is 0 Å². The molecule has 1 amide bonds. The van der Waals surface area contributed by atoms with Crippen LogP contribution in [0.1, 0.15) is 15.2 Å². The predicted octanol–water partition coefficient (Wildman–Crippen LogP) is 0.736. The lowest BCUT2D eigenvalue weighted by Gasteiger charge is -2.34. The van der Waals surface area contributed by atoms with Gasteiger partial charge in [0, 0.05) is 43.8 Å². The first-order valence-electron chi connectivity index (χ1n) is 7.11. The van der Waals surface area contributed by atoms with Gasteiger partial charge in [0.05, 0.1) is 4.34 Å². The lowest BCUT2D eigenvalue weighted by atomic mass is 10.2. The molecule has 1 fully saturated rings. The molecule has 0 radical (unpaired) electrons. The number of hydrogen-bond acceptors (Lipinski definition) is 5. The van der Waals surface area contributed by atoms with Crippen molar-refractivity contribution in [1.29, 1.82) is 0 Å². The Labute approximate surface area is 140 Å². The third kappa shape index (κ3) is 3.72. The highest BCUT2D eigenvalue weighted by atomic mass is 35.5. The summed E-state index contributed by atoms with van der Waals surface area (Å²) >= 11 is 7.48. The maximum absolute atomic E-state index is 12.4. The Kier molecular flexibility index (Phi) is 4.65. The summed E-state index contributed by atoms with van der Waals surface area (Å²) in [5.41, 5.74) is -1.32. The first kappa shape index (κ1) is 16.0. The molecule has 0 bridgehead atoms.